The molecule has 21 heavy (non-hydrogen) atoms. The second-order valence-corrected chi connectivity index (χ2v) is 5.16. The van der Waals surface area contributed by atoms with Crippen molar-refractivity contribution < 1.29 is 9.59 Å². The minimum Gasteiger partial charge on any atom is -0.352 e. The maximum Gasteiger partial charge on any atom is 0.309 e. The van der Waals surface area contributed by atoms with Gasteiger partial charge < -0.3 is 11.5 Å². The summed E-state index contributed by atoms with van der Waals surface area (Å²) in [6, 6.07) is 6.77. The fourth-order valence-electron chi connectivity index (χ4n) is 2.14. The molecule has 1 aliphatic heterocycles. The van der Waals surface area contributed by atoms with Gasteiger partial charge in [-0.25, -0.2) is 4.79 Å². The van der Waals surface area contributed by atoms with Gasteiger partial charge in [-0.3, -0.25) is 9.69 Å². The molecule has 0 radical (unpaired) electrons. The van der Waals surface area contributed by atoms with Gasteiger partial charge >= 0.3 is 6.03 Å². The molecule has 0 atom stereocenters. The summed E-state index contributed by atoms with van der Waals surface area (Å²) in [6.07, 6.45) is 4.63. The Bertz CT molecular complexity index is 492. The van der Waals surface area contributed by atoms with Gasteiger partial charge in [0.15, 0.2) is 0 Å². The maximum absolute atomic E-state index is 12.1. The Morgan fingerprint density at radius 2 is 1.71 bits per heavy atom. The van der Waals surface area contributed by atoms with Crippen molar-refractivity contribution >= 4 is 29.1 Å². The molecular weight excluding hydrogens is 286 g/mol. The number of carbonyl (C=O) groups is 2. The van der Waals surface area contributed by atoms with Crippen molar-refractivity contribution in [1.82, 2.24) is 4.90 Å². The number of fused-ring (bicyclic) bond motifs is 1. The van der Waals surface area contributed by atoms with E-state index in [1.54, 1.807) is 4.90 Å². The molecule has 1 aromatic rings. The van der Waals surface area contributed by atoms with Crippen LogP contribution >= 0.6 is 12.2 Å². The third-order valence-corrected chi connectivity index (χ3v) is 3.55. The first kappa shape index (κ1) is 17.1. The summed E-state index contributed by atoms with van der Waals surface area (Å²) in [5, 5.41) is 0. The third-order valence-electron chi connectivity index (χ3n) is 3.11. The Morgan fingerprint density at radius 1 is 1.14 bits per heavy atom. The van der Waals surface area contributed by atoms with Gasteiger partial charge in [-0.1, -0.05) is 56.6 Å². The van der Waals surface area contributed by atoms with Crippen molar-refractivity contribution in [3.05, 3.63) is 35.4 Å². The molecule has 1 aliphatic rings. The van der Waals surface area contributed by atoms with Gasteiger partial charge in [-0.15, -0.1) is 0 Å². The molecule has 3 amide bonds. The number of urea groups is 1. The van der Waals surface area contributed by atoms with Crippen LogP contribution in [0.4, 0.5) is 4.79 Å². The van der Waals surface area contributed by atoms with E-state index in [-0.39, 0.29) is 5.91 Å². The number of rotatable bonds is 5. The first-order chi connectivity index (χ1) is 9.99. The Labute approximate surface area is 130 Å². The molecule has 114 valence electrons. The van der Waals surface area contributed by atoms with Crippen LogP contribution in [-0.2, 0) is 0 Å². The highest BCUT2D eigenvalue weighted by atomic mass is 32.1. The summed E-state index contributed by atoms with van der Waals surface area (Å²) >= 11 is 5.36. The van der Waals surface area contributed by atoms with Crippen LogP contribution in [0.5, 0.6) is 0 Å². The second kappa shape index (κ2) is 8.36. The zero-order valence-corrected chi connectivity index (χ0v) is 13.0. The van der Waals surface area contributed by atoms with Crippen molar-refractivity contribution in [3.8, 4) is 0 Å². The van der Waals surface area contributed by atoms with Crippen LogP contribution in [0.2, 0.25) is 0 Å². The largest absolute Gasteiger partial charge is 0.352 e. The predicted molar refractivity (Wildman–Crippen MR) is 87.1 cm³/mol. The van der Waals surface area contributed by atoms with E-state index in [0.717, 1.165) is 24.1 Å². The van der Waals surface area contributed by atoms with E-state index in [1.165, 1.54) is 19.3 Å². The van der Waals surface area contributed by atoms with Crippen LogP contribution in [0.3, 0.4) is 0 Å². The highest BCUT2D eigenvalue weighted by Gasteiger charge is 2.31. The minimum absolute atomic E-state index is 0.0714. The number of nitrogens with two attached hydrogens (primary N) is 2. The summed E-state index contributed by atoms with van der Waals surface area (Å²) in [5.74, 6) is 0.0714. The number of primary amides is 2. The third kappa shape index (κ3) is 4.82. The SMILES string of the molecule is CCCCCCN1C(=O)c2ccccc2C1=S.NC(N)=O. The molecule has 0 bridgehead atoms. The molecular formula is C15H21N3O2S. The van der Waals surface area contributed by atoms with Gasteiger partial charge in [0, 0.05) is 12.1 Å². The monoisotopic (exact) mass is 307 g/mol. The Hall–Kier alpha value is -1.95. The molecule has 0 spiro atoms. The van der Waals surface area contributed by atoms with E-state index in [4.69, 9.17) is 17.0 Å². The quantitative estimate of drug-likeness (QED) is 0.646. The van der Waals surface area contributed by atoms with Crippen molar-refractivity contribution in [3.63, 3.8) is 0 Å². The van der Waals surface area contributed by atoms with Gasteiger partial charge in [0.1, 0.15) is 4.99 Å². The molecule has 6 heteroatoms. The maximum atomic E-state index is 12.1. The van der Waals surface area contributed by atoms with Crippen LogP contribution < -0.4 is 11.5 Å². The summed E-state index contributed by atoms with van der Waals surface area (Å²) in [4.78, 5) is 23.6. The Kier molecular flexibility index (Phi) is 6.81. The van der Waals surface area contributed by atoms with Crippen LogP contribution in [0, 0.1) is 0 Å². The lowest BCUT2D eigenvalue weighted by atomic mass is 10.1. The number of thiocarbonyl (C=S) groups is 1. The molecule has 0 fully saturated rings. The van der Waals surface area contributed by atoms with E-state index in [9.17, 15) is 4.79 Å². The first-order valence-electron chi connectivity index (χ1n) is 6.99. The van der Waals surface area contributed by atoms with Crippen molar-refractivity contribution in [2.75, 3.05) is 6.54 Å². The first-order valence-corrected chi connectivity index (χ1v) is 7.40. The highest BCUT2D eigenvalue weighted by molar-refractivity contribution is 7.80. The molecule has 0 aliphatic carbocycles. The number of nitrogens with zero attached hydrogens (tertiary/aromatic N) is 1. The smallest absolute Gasteiger partial charge is 0.309 e. The fraction of sp³-hybridized carbons (Fsp3) is 0.400. The van der Waals surface area contributed by atoms with E-state index in [0.29, 0.717) is 4.99 Å². The summed E-state index contributed by atoms with van der Waals surface area (Å²) in [5.41, 5.74) is 10.2. The predicted octanol–water partition coefficient (Wildman–Crippen LogP) is 2.42. The number of unbranched alkanes of at least 4 members (excludes halogenated alkanes) is 3. The average molecular weight is 307 g/mol. The van der Waals surface area contributed by atoms with Crippen molar-refractivity contribution in [1.29, 1.82) is 0 Å². The molecule has 0 saturated heterocycles. The molecule has 2 rings (SSSR count). The number of amides is 3. The van der Waals surface area contributed by atoms with Gasteiger partial charge in [0.05, 0.1) is 5.56 Å². The van der Waals surface area contributed by atoms with Crippen LogP contribution in [-0.4, -0.2) is 28.4 Å². The van der Waals surface area contributed by atoms with Crippen molar-refractivity contribution in [2.24, 2.45) is 11.5 Å². The normalized spacial score (nSPS) is 12.7. The summed E-state index contributed by atoms with van der Waals surface area (Å²) in [7, 11) is 0. The zero-order chi connectivity index (χ0) is 15.8. The van der Waals surface area contributed by atoms with E-state index in [2.05, 4.69) is 18.4 Å². The van der Waals surface area contributed by atoms with Gasteiger partial charge in [-0.2, -0.15) is 0 Å². The lowest BCUT2D eigenvalue weighted by Gasteiger charge is -2.15. The van der Waals surface area contributed by atoms with Crippen LogP contribution in [0.15, 0.2) is 24.3 Å². The minimum atomic E-state index is -0.833. The zero-order valence-electron chi connectivity index (χ0n) is 12.2. The molecule has 0 saturated carbocycles. The van der Waals surface area contributed by atoms with Crippen molar-refractivity contribution in [2.45, 2.75) is 32.6 Å². The standard InChI is InChI=1S/C14H17NOS.CH4N2O/c1-2-3-4-7-10-15-13(16)11-8-5-6-9-12(11)14(15)17;2-1(3)4/h5-6,8-9H,2-4,7,10H2,1H3;(H4,2,3,4). The van der Waals surface area contributed by atoms with E-state index < -0.39 is 6.03 Å². The molecule has 1 aromatic carbocycles. The molecule has 0 aromatic heterocycles. The Morgan fingerprint density at radius 3 is 2.24 bits per heavy atom. The number of hydrogen-bond donors (Lipinski definition) is 2. The van der Waals surface area contributed by atoms with Gasteiger partial charge in [-0.05, 0) is 12.5 Å². The van der Waals surface area contributed by atoms with Gasteiger partial charge in [0.25, 0.3) is 5.91 Å². The summed E-state index contributed by atoms with van der Waals surface area (Å²) < 4.78 is 0. The second-order valence-electron chi connectivity index (χ2n) is 4.77. The molecule has 0 unspecified atom stereocenters. The highest BCUT2D eigenvalue weighted by Crippen LogP contribution is 2.23. The van der Waals surface area contributed by atoms with E-state index in [1.807, 2.05) is 24.3 Å². The van der Waals surface area contributed by atoms with Crippen LogP contribution in [0.1, 0.15) is 48.5 Å². The van der Waals surface area contributed by atoms with Crippen LogP contribution in [0.25, 0.3) is 0 Å². The molecule has 5 nitrogen and oxygen atoms in total. The topological polar surface area (TPSA) is 89.4 Å². The lowest BCUT2D eigenvalue weighted by Crippen LogP contribution is -2.30. The van der Waals surface area contributed by atoms with Gasteiger partial charge in [0.2, 0.25) is 0 Å². The average Bonchev–Trinajstić information content (AvgIpc) is 2.68. The lowest BCUT2D eigenvalue weighted by molar-refractivity contribution is 0.0860. The molecule has 4 N–H and O–H groups in total. The fourth-order valence-corrected chi connectivity index (χ4v) is 2.49. The Balaban J connectivity index is 0.000000491. The number of hydrogen-bond acceptors (Lipinski definition) is 3. The number of carbonyl (C=O) groups excluding carboxylic acids is 2. The number of benzene rings is 1. The molecule has 1 heterocycles. The summed E-state index contributed by atoms with van der Waals surface area (Å²) in [6.45, 7) is 2.94. The van der Waals surface area contributed by atoms with E-state index >= 15 is 0 Å².